The van der Waals surface area contributed by atoms with Crippen molar-refractivity contribution in [1.82, 2.24) is 5.32 Å². The fourth-order valence-electron chi connectivity index (χ4n) is 1.90. The molecule has 0 bridgehead atoms. The molecular weight excluding hydrogens is 244 g/mol. The summed E-state index contributed by atoms with van der Waals surface area (Å²) in [6.45, 7) is 9.11. The Morgan fingerprint density at radius 3 is 2.68 bits per heavy atom. The van der Waals surface area contributed by atoms with Crippen molar-refractivity contribution in [2.24, 2.45) is 0 Å². The van der Waals surface area contributed by atoms with Gasteiger partial charge in [0, 0.05) is 30.8 Å². The van der Waals surface area contributed by atoms with Gasteiger partial charge in [-0.3, -0.25) is 10.1 Å². The molecule has 0 saturated heterocycles. The zero-order valence-electron chi connectivity index (χ0n) is 12.0. The van der Waals surface area contributed by atoms with Crippen LogP contribution in [0.25, 0.3) is 0 Å². The van der Waals surface area contributed by atoms with Crippen LogP contribution in [0.15, 0.2) is 18.2 Å². The molecule has 0 aliphatic heterocycles. The van der Waals surface area contributed by atoms with E-state index >= 15 is 0 Å². The third-order valence-corrected chi connectivity index (χ3v) is 3.09. The number of nitrogens with one attached hydrogen (secondary N) is 1. The fourth-order valence-corrected chi connectivity index (χ4v) is 1.90. The number of ether oxygens (including phenoxy) is 1. The number of benzene rings is 1. The summed E-state index contributed by atoms with van der Waals surface area (Å²) in [5.41, 5.74) is 1.77. The average molecular weight is 266 g/mol. The van der Waals surface area contributed by atoms with E-state index in [2.05, 4.69) is 5.32 Å². The molecule has 0 heterocycles. The van der Waals surface area contributed by atoms with E-state index in [1.54, 1.807) is 19.1 Å². The first-order chi connectivity index (χ1) is 8.95. The van der Waals surface area contributed by atoms with Crippen LogP contribution in [0.5, 0.6) is 0 Å². The molecule has 106 valence electrons. The van der Waals surface area contributed by atoms with Crippen molar-refractivity contribution in [3.8, 4) is 0 Å². The molecule has 2 atom stereocenters. The predicted octanol–water partition coefficient (Wildman–Crippen LogP) is 2.98. The first-order valence-electron chi connectivity index (χ1n) is 6.55. The van der Waals surface area contributed by atoms with Gasteiger partial charge >= 0.3 is 0 Å². The molecule has 19 heavy (non-hydrogen) atoms. The third-order valence-electron chi connectivity index (χ3n) is 3.09. The molecule has 0 spiro atoms. The molecule has 0 amide bonds. The van der Waals surface area contributed by atoms with Crippen LogP contribution in [0.1, 0.15) is 37.9 Å². The molecule has 0 aliphatic rings. The van der Waals surface area contributed by atoms with E-state index in [9.17, 15) is 10.1 Å². The molecule has 0 saturated carbocycles. The minimum absolute atomic E-state index is 0.0576. The van der Waals surface area contributed by atoms with Crippen LogP contribution in [0.2, 0.25) is 0 Å². The topological polar surface area (TPSA) is 64.4 Å². The highest BCUT2D eigenvalue weighted by Crippen LogP contribution is 2.23. The van der Waals surface area contributed by atoms with Gasteiger partial charge < -0.3 is 10.1 Å². The van der Waals surface area contributed by atoms with Crippen LogP contribution in [-0.2, 0) is 4.74 Å². The van der Waals surface area contributed by atoms with Gasteiger partial charge in [0.25, 0.3) is 5.69 Å². The fraction of sp³-hybridized carbons (Fsp3) is 0.571. The molecule has 1 N–H and O–H groups in total. The van der Waals surface area contributed by atoms with Gasteiger partial charge in [0.2, 0.25) is 0 Å². The normalized spacial score (nSPS) is 14.1. The zero-order valence-corrected chi connectivity index (χ0v) is 12.0. The minimum atomic E-state index is -0.339. The highest BCUT2D eigenvalue weighted by Gasteiger charge is 2.14. The molecule has 5 heteroatoms. The van der Waals surface area contributed by atoms with Gasteiger partial charge in [0.05, 0.1) is 11.0 Å². The molecule has 5 nitrogen and oxygen atoms in total. The van der Waals surface area contributed by atoms with Crippen molar-refractivity contribution in [2.45, 2.75) is 39.8 Å². The Hall–Kier alpha value is -1.46. The lowest BCUT2D eigenvalue weighted by Gasteiger charge is -2.18. The standard InChI is InChI=1S/C14H22N2O3/c1-5-19-11(3)9-15-12(4)13-7-6-10(2)14(8-13)16(17)18/h6-8,11-12,15H,5,9H2,1-4H3. The van der Waals surface area contributed by atoms with Gasteiger partial charge in [-0.25, -0.2) is 0 Å². The van der Waals surface area contributed by atoms with Crippen LogP contribution in [-0.4, -0.2) is 24.2 Å². The first-order valence-corrected chi connectivity index (χ1v) is 6.55. The number of rotatable bonds is 7. The van der Waals surface area contributed by atoms with Crippen molar-refractivity contribution in [3.63, 3.8) is 0 Å². The van der Waals surface area contributed by atoms with Crippen LogP contribution >= 0.6 is 0 Å². The Balaban J connectivity index is 2.69. The predicted molar refractivity (Wildman–Crippen MR) is 75.3 cm³/mol. The van der Waals surface area contributed by atoms with Crippen molar-refractivity contribution >= 4 is 5.69 Å². The van der Waals surface area contributed by atoms with E-state index in [1.165, 1.54) is 0 Å². The van der Waals surface area contributed by atoms with E-state index in [1.807, 2.05) is 26.8 Å². The molecule has 1 rings (SSSR count). The Morgan fingerprint density at radius 1 is 1.42 bits per heavy atom. The van der Waals surface area contributed by atoms with Gasteiger partial charge in [-0.2, -0.15) is 0 Å². The molecule has 1 aromatic carbocycles. The molecular formula is C14H22N2O3. The van der Waals surface area contributed by atoms with E-state index in [0.29, 0.717) is 12.2 Å². The maximum absolute atomic E-state index is 10.9. The number of nitrogens with zero attached hydrogens (tertiary/aromatic N) is 1. The molecule has 2 unspecified atom stereocenters. The van der Waals surface area contributed by atoms with E-state index in [4.69, 9.17) is 4.74 Å². The number of nitro benzene ring substituents is 1. The Bertz CT molecular complexity index is 435. The maximum Gasteiger partial charge on any atom is 0.272 e. The second-order valence-corrected chi connectivity index (χ2v) is 4.70. The van der Waals surface area contributed by atoms with Crippen LogP contribution in [0.3, 0.4) is 0 Å². The largest absolute Gasteiger partial charge is 0.377 e. The summed E-state index contributed by atoms with van der Waals surface area (Å²) in [6.07, 6.45) is 0.132. The molecule has 1 aromatic rings. The van der Waals surface area contributed by atoms with Gasteiger partial charge in [-0.1, -0.05) is 12.1 Å². The highest BCUT2D eigenvalue weighted by molar-refractivity contribution is 5.43. The molecule has 0 fully saturated rings. The van der Waals surface area contributed by atoms with Crippen LogP contribution in [0.4, 0.5) is 5.69 Å². The van der Waals surface area contributed by atoms with E-state index < -0.39 is 0 Å². The van der Waals surface area contributed by atoms with E-state index in [-0.39, 0.29) is 22.8 Å². The van der Waals surface area contributed by atoms with Crippen LogP contribution in [0, 0.1) is 17.0 Å². The summed E-state index contributed by atoms with van der Waals surface area (Å²) in [7, 11) is 0. The molecule has 0 radical (unpaired) electrons. The number of nitro groups is 1. The summed E-state index contributed by atoms with van der Waals surface area (Å²) < 4.78 is 5.44. The smallest absolute Gasteiger partial charge is 0.272 e. The van der Waals surface area contributed by atoms with Crippen molar-refractivity contribution in [3.05, 3.63) is 39.4 Å². The SMILES string of the molecule is CCOC(C)CNC(C)c1ccc(C)c([N+](=O)[O-])c1. The second-order valence-electron chi connectivity index (χ2n) is 4.70. The summed E-state index contributed by atoms with van der Waals surface area (Å²) in [5, 5.41) is 14.2. The van der Waals surface area contributed by atoms with E-state index in [0.717, 1.165) is 12.1 Å². The number of hydrogen-bond donors (Lipinski definition) is 1. The first kappa shape index (κ1) is 15.6. The van der Waals surface area contributed by atoms with Gasteiger partial charge in [-0.05, 0) is 33.3 Å². The second kappa shape index (κ2) is 7.21. The summed E-state index contributed by atoms with van der Waals surface area (Å²) in [6, 6.07) is 5.41. The summed E-state index contributed by atoms with van der Waals surface area (Å²) in [4.78, 5) is 10.6. The van der Waals surface area contributed by atoms with Gasteiger partial charge in [0.15, 0.2) is 0 Å². The minimum Gasteiger partial charge on any atom is -0.377 e. The Morgan fingerprint density at radius 2 is 2.11 bits per heavy atom. The van der Waals surface area contributed by atoms with Gasteiger partial charge in [-0.15, -0.1) is 0 Å². The number of hydrogen-bond acceptors (Lipinski definition) is 4. The van der Waals surface area contributed by atoms with Gasteiger partial charge in [0.1, 0.15) is 0 Å². The lowest BCUT2D eigenvalue weighted by molar-refractivity contribution is -0.385. The number of aryl methyl sites for hydroxylation is 1. The summed E-state index contributed by atoms with van der Waals surface area (Å²) >= 11 is 0. The summed E-state index contributed by atoms with van der Waals surface area (Å²) in [5.74, 6) is 0. The zero-order chi connectivity index (χ0) is 14.4. The third kappa shape index (κ3) is 4.61. The van der Waals surface area contributed by atoms with Crippen molar-refractivity contribution in [2.75, 3.05) is 13.2 Å². The average Bonchev–Trinajstić information content (AvgIpc) is 2.36. The monoisotopic (exact) mass is 266 g/mol. The lowest BCUT2D eigenvalue weighted by atomic mass is 10.0. The van der Waals surface area contributed by atoms with Crippen LogP contribution < -0.4 is 5.32 Å². The molecule has 0 aliphatic carbocycles. The van der Waals surface area contributed by atoms with Crippen molar-refractivity contribution in [1.29, 1.82) is 0 Å². The quantitative estimate of drug-likeness (QED) is 0.608. The van der Waals surface area contributed by atoms with Crippen molar-refractivity contribution < 1.29 is 9.66 Å². The maximum atomic E-state index is 10.9. The molecule has 0 aromatic heterocycles. The Labute approximate surface area is 114 Å². The Kier molecular flexibility index (Phi) is 5.92. The lowest BCUT2D eigenvalue weighted by Crippen LogP contribution is -2.29. The highest BCUT2D eigenvalue weighted by atomic mass is 16.6.